The van der Waals surface area contributed by atoms with Crippen molar-refractivity contribution in [1.29, 1.82) is 0 Å². The number of hydrogen-bond donors (Lipinski definition) is 1. The molecule has 6 heteroatoms. The first-order valence-corrected chi connectivity index (χ1v) is 10.6. The maximum absolute atomic E-state index is 12.8. The fourth-order valence-corrected chi connectivity index (χ4v) is 4.15. The van der Waals surface area contributed by atoms with Crippen LogP contribution in [0.15, 0.2) is 76.7 Å². The van der Waals surface area contributed by atoms with Crippen molar-refractivity contribution < 1.29 is 4.79 Å². The Kier molecular flexibility index (Phi) is 5.62. The first-order chi connectivity index (χ1) is 14.2. The second-order valence-corrected chi connectivity index (χ2v) is 7.67. The van der Waals surface area contributed by atoms with Gasteiger partial charge in [-0.2, -0.15) is 0 Å². The quantitative estimate of drug-likeness (QED) is 0.375. The van der Waals surface area contributed by atoms with Gasteiger partial charge in [-0.05, 0) is 30.0 Å². The molecule has 0 saturated carbocycles. The summed E-state index contributed by atoms with van der Waals surface area (Å²) in [6.45, 7) is 2.59. The van der Waals surface area contributed by atoms with Crippen LogP contribution in [0.4, 0.5) is 5.69 Å². The molecule has 0 saturated heterocycles. The van der Waals surface area contributed by atoms with Gasteiger partial charge < -0.3 is 5.32 Å². The number of thioether (sulfide) groups is 1. The minimum Gasteiger partial charge on any atom is -0.325 e. The molecule has 4 rings (SSSR count). The minimum absolute atomic E-state index is 0.0607. The number of aromatic nitrogens is 2. The van der Waals surface area contributed by atoms with Crippen LogP contribution in [0.1, 0.15) is 13.3 Å². The predicted octanol–water partition coefficient (Wildman–Crippen LogP) is 4.69. The molecule has 0 radical (unpaired) electrons. The summed E-state index contributed by atoms with van der Waals surface area (Å²) in [5.41, 5.74) is 1.38. The monoisotopic (exact) mass is 403 g/mol. The van der Waals surface area contributed by atoms with E-state index in [-0.39, 0.29) is 17.2 Å². The summed E-state index contributed by atoms with van der Waals surface area (Å²) in [5, 5.41) is 6.23. The van der Waals surface area contributed by atoms with Crippen molar-refractivity contribution in [2.45, 2.75) is 25.0 Å². The number of amides is 1. The van der Waals surface area contributed by atoms with Crippen LogP contribution >= 0.6 is 11.8 Å². The average molecular weight is 404 g/mol. The topological polar surface area (TPSA) is 64.0 Å². The zero-order valence-electron chi connectivity index (χ0n) is 16.1. The zero-order valence-corrected chi connectivity index (χ0v) is 16.9. The van der Waals surface area contributed by atoms with Gasteiger partial charge in [-0.25, -0.2) is 4.98 Å². The molecule has 1 heterocycles. The number of carbonyl (C=O) groups is 1. The van der Waals surface area contributed by atoms with Crippen LogP contribution in [0.5, 0.6) is 0 Å². The first-order valence-electron chi connectivity index (χ1n) is 9.57. The van der Waals surface area contributed by atoms with Gasteiger partial charge in [0.25, 0.3) is 5.56 Å². The van der Waals surface area contributed by atoms with Gasteiger partial charge in [-0.15, -0.1) is 0 Å². The number of carbonyl (C=O) groups excluding carboxylic acids is 1. The van der Waals surface area contributed by atoms with Gasteiger partial charge in [0.2, 0.25) is 5.91 Å². The number of rotatable bonds is 6. The van der Waals surface area contributed by atoms with E-state index in [1.807, 2.05) is 67.6 Å². The molecule has 0 bridgehead atoms. The van der Waals surface area contributed by atoms with E-state index in [9.17, 15) is 9.59 Å². The minimum atomic E-state index is -0.128. The van der Waals surface area contributed by atoms with Crippen LogP contribution in [0.3, 0.4) is 0 Å². The predicted molar refractivity (Wildman–Crippen MR) is 120 cm³/mol. The molecule has 29 heavy (non-hydrogen) atoms. The Morgan fingerprint density at radius 1 is 1.00 bits per heavy atom. The van der Waals surface area contributed by atoms with Gasteiger partial charge in [0, 0.05) is 17.6 Å². The normalized spacial score (nSPS) is 11.1. The lowest BCUT2D eigenvalue weighted by molar-refractivity contribution is -0.113. The molecule has 5 nitrogen and oxygen atoms in total. The van der Waals surface area contributed by atoms with Crippen molar-refractivity contribution in [3.05, 3.63) is 77.1 Å². The molecule has 0 atom stereocenters. The summed E-state index contributed by atoms with van der Waals surface area (Å²) < 4.78 is 1.66. The maximum atomic E-state index is 12.8. The highest BCUT2D eigenvalue weighted by atomic mass is 32.2. The number of fused-ring (bicyclic) bond motifs is 2. The van der Waals surface area contributed by atoms with E-state index in [1.54, 1.807) is 10.6 Å². The Morgan fingerprint density at radius 3 is 2.55 bits per heavy atom. The lowest BCUT2D eigenvalue weighted by Crippen LogP contribution is -2.24. The van der Waals surface area contributed by atoms with Gasteiger partial charge in [0.15, 0.2) is 5.16 Å². The number of anilines is 1. The van der Waals surface area contributed by atoms with Crippen LogP contribution in [0, 0.1) is 0 Å². The van der Waals surface area contributed by atoms with Crippen molar-refractivity contribution in [3.63, 3.8) is 0 Å². The van der Waals surface area contributed by atoms with Crippen molar-refractivity contribution in [1.82, 2.24) is 9.55 Å². The van der Waals surface area contributed by atoms with Gasteiger partial charge in [0.1, 0.15) is 0 Å². The number of nitrogens with zero attached hydrogens (tertiary/aromatic N) is 2. The molecule has 0 aliphatic carbocycles. The maximum Gasteiger partial charge on any atom is 0.262 e. The number of para-hydroxylation sites is 1. The van der Waals surface area contributed by atoms with Crippen LogP contribution in [-0.4, -0.2) is 21.2 Å². The van der Waals surface area contributed by atoms with Gasteiger partial charge >= 0.3 is 0 Å². The molecule has 0 aliphatic heterocycles. The van der Waals surface area contributed by atoms with E-state index in [2.05, 4.69) is 10.3 Å². The second-order valence-electron chi connectivity index (χ2n) is 6.73. The molecule has 1 aromatic heterocycles. The zero-order chi connectivity index (χ0) is 20.2. The highest BCUT2D eigenvalue weighted by Gasteiger charge is 2.13. The van der Waals surface area contributed by atoms with E-state index in [4.69, 9.17) is 0 Å². The Hall–Kier alpha value is -3.12. The third kappa shape index (κ3) is 4.03. The summed E-state index contributed by atoms with van der Waals surface area (Å²) >= 11 is 1.29. The lowest BCUT2D eigenvalue weighted by atomic mass is 10.1. The Morgan fingerprint density at radius 2 is 1.72 bits per heavy atom. The largest absolute Gasteiger partial charge is 0.325 e. The average Bonchev–Trinajstić information content (AvgIpc) is 2.75. The van der Waals surface area contributed by atoms with Crippen LogP contribution in [0.25, 0.3) is 21.7 Å². The summed E-state index contributed by atoms with van der Waals surface area (Å²) in [6, 6.07) is 21.1. The Balaban J connectivity index is 1.56. The summed E-state index contributed by atoms with van der Waals surface area (Å²) in [7, 11) is 0. The van der Waals surface area contributed by atoms with E-state index < -0.39 is 0 Å². The second kappa shape index (κ2) is 8.49. The van der Waals surface area contributed by atoms with Gasteiger partial charge in [0.05, 0.1) is 16.7 Å². The fraction of sp³-hybridized carbons (Fsp3) is 0.174. The van der Waals surface area contributed by atoms with Gasteiger partial charge in [-0.1, -0.05) is 67.2 Å². The molecule has 0 aliphatic rings. The van der Waals surface area contributed by atoms with E-state index >= 15 is 0 Å². The molecule has 146 valence electrons. The molecule has 3 aromatic carbocycles. The fourth-order valence-electron chi connectivity index (χ4n) is 3.33. The van der Waals surface area contributed by atoms with Crippen molar-refractivity contribution in [2.75, 3.05) is 11.1 Å². The molecule has 4 aromatic rings. The van der Waals surface area contributed by atoms with Crippen LogP contribution in [-0.2, 0) is 11.3 Å². The highest BCUT2D eigenvalue weighted by molar-refractivity contribution is 7.99. The standard InChI is InChI=1S/C23H21N3O2S/c1-2-14-26-22(28)18-11-5-6-12-20(18)25-23(26)29-15-21(27)24-19-13-7-9-16-8-3-4-10-17(16)19/h3-13H,2,14-15H2,1H3,(H,24,27). The summed E-state index contributed by atoms with van der Waals surface area (Å²) in [5.74, 6) is 0.0503. The smallest absolute Gasteiger partial charge is 0.262 e. The van der Waals surface area contributed by atoms with Crippen molar-refractivity contribution in [3.8, 4) is 0 Å². The SMILES string of the molecule is CCCn1c(SCC(=O)Nc2cccc3ccccc23)nc2ccccc2c1=O. The number of hydrogen-bond acceptors (Lipinski definition) is 4. The van der Waals surface area contributed by atoms with Crippen molar-refractivity contribution >= 4 is 45.0 Å². The Bertz CT molecular complexity index is 1240. The third-order valence-electron chi connectivity index (χ3n) is 4.67. The molecular weight excluding hydrogens is 382 g/mol. The molecule has 0 spiro atoms. The van der Waals surface area contributed by atoms with E-state index in [0.29, 0.717) is 22.6 Å². The van der Waals surface area contributed by atoms with Crippen molar-refractivity contribution in [2.24, 2.45) is 0 Å². The molecule has 0 unspecified atom stereocenters. The summed E-state index contributed by atoms with van der Waals surface area (Å²) in [4.78, 5) is 30.1. The lowest BCUT2D eigenvalue weighted by Gasteiger charge is -2.12. The number of benzene rings is 3. The van der Waals surface area contributed by atoms with Crippen LogP contribution < -0.4 is 10.9 Å². The highest BCUT2D eigenvalue weighted by Crippen LogP contribution is 2.24. The molecular formula is C23H21N3O2S. The third-order valence-corrected chi connectivity index (χ3v) is 5.65. The Labute approximate surface area is 172 Å². The molecule has 0 fully saturated rings. The summed E-state index contributed by atoms with van der Waals surface area (Å²) in [6.07, 6.45) is 0.815. The van der Waals surface area contributed by atoms with Gasteiger partial charge in [-0.3, -0.25) is 14.2 Å². The first kappa shape index (κ1) is 19.2. The molecule has 1 N–H and O–H groups in total. The van der Waals surface area contributed by atoms with E-state index in [1.165, 1.54) is 11.8 Å². The van der Waals surface area contributed by atoms with Crippen LogP contribution in [0.2, 0.25) is 0 Å². The molecule has 1 amide bonds. The van der Waals surface area contributed by atoms with E-state index in [0.717, 1.165) is 22.9 Å². The number of nitrogens with one attached hydrogen (secondary N) is 1.